The van der Waals surface area contributed by atoms with Gasteiger partial charge in [-0.15, -0.1) is 0 Å². The van der Waals surface area contributed by atoms with Gasteiger partial charge in [0.15, 0.2) is 0 Å². The fourth-order valence-corrected chi connectivity index (χ4v) is 1.95. The summed E-state index contributed by atoms with van der Waals surface area (Å²) < 4.78 is 32.2. The molecule has 4 nitrogen and oxygen atoms in total. The largest absolute Gasteiger partial charge is 0.497 e. The molecule has 0 bridgehead atoms. The van der Waals surface area contributed by atoms with Crippen LogP contribution in [0.3, 0.4) is 0 Å². The molecule has 2 atom stereocenters. The lowest BCUT2D eigenvalue weighted by Gasteiger charge is -2.15. The molecule has 17 heavy (non-hydrogen) atoms. The summed E-state index contributed by atoms with van der Waals surface area (Å²) in [4.78, 5) is 11.2. The fourth-order valence-electron chi connectivity index (χ4n) is 1.95. The molecule has 0 saturated carbocycles. The van der Waals surface area contributed by atoms with Gasteiger partial charge < -0.3 is 15.8 Å². The van der Waals surface area contributed by atoms with Crippen LogP contribution in [-0.2, 0) is 4.79 Å². The summed E-state index contributed by atoms with van der Waals surface area (Å²) in [6.07, 6.45) is 0. The van der Waals surface area contributed by atoms with Crippen LogP contribution in [0.15, 0.2) is 12.1 Å². The first-order valence-corrected chi connectivity index (χ1v) is 5.10. The van der Waals surface area contributed by atoms with Gasteiger partial charge in [-0.1, -0.05) is 0 Å². The Morgan fingerprint density at radius 1 is 1.41 bits per heavy atom. The van der Waals surface area contributed by atoms with Crippen molar-refractivity contribution in [3.63, 3.8) is 0 Å². The molecular formula is C11H12F2N2O2. The molecular weight excluding hydrogens is 230 g/mol. The van der Waals surface area contributed by atoms with E-state index in [2.05, 4.69) is 5.32 Å². The third kappa shape index (κ3) is 1.95. The van der Waals surface area contributed by atoms with E-state index >= 15 is 0 Å². The highest BCUT2D eigenvalue weighted by molar-refractivity contribution is 5.85. The molecule has 1 amide bonds. The molecule has 1 aliphatic rings. The minimum Gasteiger partial charge on any atom is -0.497 e. The number of benzene rings is 1. The summed E-state index contributed by atoms with van der Waals surface area (Å²) in [5.74, 6) is -2.50. The Hall–Kier alpha value is -1.69. The minimum atomic E-state index is -0.924. The van der Waals surface area contributed by atoms with Gasteiger partial charge in [-0.2, -0.15) is 0 Å². The topological polar surface area (TPSA) is 64.3 Å². The molecule has 1 aromatic rings. The molecule has 1 saturated heterocycles. The van der Waals surface area contributed by atoms with Gasteiger partial charge in [-0.05, 0) is 0 Å². The first-order chi connectivity index (χ1) is 8.04. The van der Waals surface area contributed by atoms with Gasteiger partial charge in [0, 0.05) is 30.2 Å². The third-order valence-corrected chi connectivity index (χ3v) is 2.89. The van der Waals surface area contributed by atoms with Gasteiger partial charge in [0.2, 0.25) is 5.91 Å². The quantitative estimate of drug-likeness (QED) is 0.794. The zero-order chi connectivity index (χ0) is 12.6. The number of ether oxygens (including phenoxy) is 1. The first-order valence-electron chi connectivity index (χ1n) is 5.10. The zero-order valence-electron chi connectivity index (χ0n) is 9.17. The number of amides is 1. The molecule has 1 aliphatic heterocycles. The predicted octanol–water partition coefficient (Wildman–Crippen LogP) is 0.514. The van der Waals surface area contributed by atoms with Crippen LogP contribution in [0.25, 0.3) is 0 Å². The van der Waals surface area contributed by atoms with Crippen LogP contribution in [-0.4, -0.2) is 25.6 Å². The van der Waals surface area contributed by atoms with E-state index in [1.165, 1.54) is 7.11 Å². The highest BCUT2D eigenvalue weighted by atomic mass is 19.1. The second-order valence-electron chi connectivity index (χ2n) is 3.88. The van der Waals surface area contributed by atoms with Crippen LogP contribution in [0.4, 0.5) is 8.78 Å². The van der Waals surface area contributed by atoms with Gasteiger partial charge in [-0.25, -0.2) is 8.78 Å². The summed E-state index contributed by atoms with van der Waals surface area (Å²) in [6.45, 7) is 0.139. The molecule has 2 unspecified atom stereocenters. The minimum absolute atomic E-state index is 0.0922. The molecule has 1 aromatic carbocycles. The van der Waals surface area contributed by atoms with Crippen LogP contribution in [0.2, 0.25) is 0 Å². The van der Waals surface area contributed by atoms with Crippen LogP contribution >= 0.6 is 0 Å². The van der Waals surface area contributed by atoms with E-state index < -0.39 is 29.5 Å². The maximum atomic E-state index is 13.7. The van der Waals surface area contributed by atoms with E-state index in [1.54, 1.807) is 0 Å². The van der Waals surface area contributed by atoms with E-state index in [0.29, 0.717) is 0 Å². The number of hydrogen-bond donors (Lipinski definition) is 2. The standard InChI is InChI=1S/C11H12F2N2O2/c1-17-5-2-7(12)9(8(13)3-5)6-4-15-11(16)10(6)14/h2-3,6,10H,4,14H2,1H3,(H,15,16). The predicted molar refractivity (Wildman–Crippen MR) is 56.6 cm³/mol. The van der Waals surface area contributed by atoms with Crippen molar-refractivity contribution in [2.24, 2.45) is 5.73 Å². The lowest BCUT2D eigenvalue weighted by atomic mass is 9.93. The highest BCUT2D eigenvalue weighted by Gasteiger charge is 2.36. The van der Waals surface area contributed by atoms with Gasteiger partial charge in [-0.3, -0.25) is 4.79 Å². The van der Waals surface area contributed by atoms with Crippen molar-refractivity contribution < 1.29 is 18.3 Å². The van der Waals surface area contributed by atoms with Gasteiger partial charge in [0.25, 0.3) is 0 Å². The van der Waals surface area contributed by atoms with Gasteiger partial charge in [0.05, 0.1) is 13.2 Å². The van der Waals surface area contributed by atoms with Crippen LogP contribution < -0.4 is 15.8 Å². The Kier molecular flexibility index (Phi) is 2.97. The van der Waals surface area contributed by atoms with Crippen molar-refractivity contribution in [1.29, 1.82) is 0 Å². The zero-order valence-corrected chi connectivity index (χ0v) is 9.17. The number of methoxy groups -OCH3 is 1. The normalized spacial score (nSPS) is 23.6. The van der Waals surface area contributed by atoms with E-state index in [4.69, 9.17) is 10.5 Å². The van der Waals surface area contributed by atoms with Crippen molar-refractivity contribution in [3.8, 4) is 5.75 Å². The Labute approximate surface area is 96.7 Å². The molecule has 92 valence electrons. The number of carbonyl (C=O) groups is 1. The number of nitrogens with two attached hydrogens (primary N) is 1. The lowest BCUT2D eigenvalue weighted by Crippen LogP contribution is -2.33. The van der Waals surface area contributed by atoms with Crippen molar-refractivity contribution in [2.45, 2.75) is 12.0 Å². The number of nitrogens with one attached hydrogen (secondary N) is 1. The molecule has 1 fully saturated rings. The summed E-state index contributed by atoms with van der Waals surface area (Å²) in [7, 11) is 1.32. The highest BCUT2D eigenvalue weighted by Crippen LogP contribution is 2.30. The summed E-state index contributed by atoms with van der Waals surface area (Å²) in [5, 5.41) is 2.47. The van der Waals surface area contributed by atoms with Crippen LogP contribution in [0.5, 0.6) is 5.75 Å². The molecule has 3 N–H and O–H groups in total. The number of rotatable bonds is 2. The molecule has 0 aliphatic carbocycles. The second kappa shape index (κ2) is 4.29. The molecule has 0 aromatic heterocycles. The number of hydrogen-bond acceptors (Lipinski definition) is 3. The Bertz CT molecular complexity index is 442. The van der Waals surface area contributed by atoms with E-state index in [1.807, 2.05) is 0 Å². The van der Waals surface area contributed by atoms with Gasteiger partial charge in [0.1, 0.15) is 17.4 Å². The van der Waals surface area contributed by atoms with E-state index in [9.17, 15) is 13.6 Å². The Morgan fingerprint density at radius 2 is 2.00 bits per heavy atom. The maximum Gasteiger partial charge on any atom is 0.237 e. The third-order valence-electron chi connectivity index (χ3n) is 2.89. The molecule has 0 radical (unpaired) electrons. The Morgan fingerprint density at radius 3 is 2.41 bits per heavy atom. The average molecular weight is 242 g/mol. The first kappa shape index (κ1) is 11.8. The second-order valence-corrected chi connectivity index (χ2v) is 3.88. The average Bonchev–Trinajstić information content (AvgIpc) is 2.60. The maximum absolute atomic E-state index is 13.7. The molecule has 2 rings (SSSR count). The fraction of sp³-hybridized carbons (Fsp3) is 0.364. The van der Waals surface area contributed by atoms with Crippen LogP contribution in [0, 0.1) is 11.6 Å². The summed E-state index contributed by atoms with van der Waals surface area (Å²) in [6, 6.07) is 1.23. The lowest BCUT2D eigenvalue weighted by molar-refractivity contribution is -0.120. The van der Waals surface area contributed by atoms with Crippen molar-refractivity contribution in [3.05, 3.63) is 29.3 Å². The van der Waals surface area contributed by atoms with E-state index in [-0.39, 0.29) is 17.9 Å². The molecule has 1 heterocycles. The van der Waals surface area contributed by atoms with Crippen LogP contribution in [0.1, 0.15) is 11.5 Å². The molecule has 0 spiro atoms. The molecule has 6 heteroatoms. The Balaban J connectivity index is 2.42. The van der Waals surface area contributed by atoms with Crippen molar-refractivity contribution in [2.75, 3.05) is 13.7 Å². The number of halogens is 2. The van der Waals surface area contributed by atoms with Crippen molar-refractivity contribution >= 4 is 5.91 Å². The summed E-state index contributed by atoms with van der Waals surface area (Å²) >= 11 is 0. The van der Waals surface area contributed by atoms with E-state index in [0.717, 1.165) is 12.1 Å². The SMILES string of the molecule is COc1cc(F)c(C2CNC(=O)C2N)c(F)c1. The number of carbonyl (C=O) groups excluding carboxylic acids is 1. The van der Waals surface area contributed by atoms with Gasteiger partial charge >= 0.3 is 0 Å². The van der Waals surface area contributed by atoms with Crippen molar-refractivity contribution in [1.82, 2.24) is 5.32 Å². The summed E-state index contributed by atoms with van der Waals surface area (Å²) in [5.41, 5.74) is 5.42. The monoisotopic (exact) mass is 242 g/mol. The smallest absolute Gasteiger partial charge is 0.237 e.